The van der Waals surface area contributed by atoms with Gasteiger partial charge in [0.05, 0.1) is 6.42 Å². The molecule has 1 aliphatic rings. The highest BCUT2D eigenvalue weighted by Gasteiger charge is 2.21. The average molecular weight is 364 g/mol. The van der Waals surface area contributed by atoms with Crippen molar-refractivity contribution >= 4 is 40.8 Å². The number of benzene rings is 2. The molecule has 6 heteroatoms. The lowest BCUT2D eigenvalue weighted by Gasteiger charge is -2.15. The highest BCUT2D eigenvalue weighted by molar-refractivity contribution is 6.36. The number of halogens is 2. The van der Waals surface area contributed by atoms with Crippen LogP contribution in [0.5, 0.6) is 5.75 Å². The molecule has 3 rings (SSSR count). The van der Waals surface area contributed by atoms with Crippen molar-refractivity contribution in [2.75, 3.05) is 11.4 Å². The summed E-state index contributed by atoms with van der Waals surface area (Å²) >= 11 is 12.1. The predicted molar refractivity (Wildman–Crippen MR) is 93.8 cm³/mol. The Morgan fingerprint density at radius 1 is 1.08 bits per heavy atom. The Labute approximate surface area is 149 Å². The van der Waals surface area contributed by atoms with E-state index in [1.54, 1.807) is 47.4 Å². The van der Waals surface area contributed by atoms with Crippen molar-refractivity contribution in [3.63, 3.8) is 0 Å². The maximum atomic E-state index is 12.1. The van der Waals surface area contributed by atoms with Crippen LogP contribution in [0.4, 0.5) is 5.69 Å². The Morgan fingerprint density at radius 3 is 2.33 bits per heavy atom. The monoisotopic (exact) mass is 363 g/mol. The summed E-state index contributed by atoms with van der Waals surface area (Å²) in [6.45, 7) is 0.725. The second-order valence-corrected chi connectivity index (χ2v) is 6.31. The number of hydrogen-bond donors (Lipinski definition) is 0. The summed E-state index contributed by atoms with van der Waals surface area (Å²) < 4.78 is 5.31. The van der Waals surface area contributed by atoms with E-state index in [1.807, 2.05) is 0 Å². The first kappa shape index (κ1) is 16.8. The van der Waals surface area contributed by atoms with Crippen LogP contribution in [0.1, 0.15) is 18.4 Å². The molecular formula is C18H15Cl2NO3. The summed E-state index contributed by atoms with van der Waals surface area (Å²) in [5, 5.41) is 0.865. The van der Waals surface area contributed by atoms with Gasteiger partial charge in [-0.1, -0.05) is 29.3 Å². The van der Waals surface area contributed by atoms with Gasteiger partial charge >= 0.3 is 5.97 Å². The van der Waals surface area contributed by atoms with E-state index in [9.17, 15) is 9.59 Å². The summed E-state index contributed by atoms with van der Waals surface area (Å²) in [5.74, 6) is 0.0849. The molecule has 1 saturated heterocycles. The zero-order valence-corrected chi connectivity index (χ0v) is 14.3. The maximum absolute atomic E-state index is 12.1. The fraction of sp³-hybridized carbons (Fsp3) is 0.222. The Bertz CT molecular complexity index is 754. The molecule has 1 heterocycles. The molecule has 2 aromatic rings. The molecule has 0 aliphatic carbocycles. The normalized spacial score (nSPS) is 14.1. The van der Waals surface area contributed by atoms with E-state index in [0.29, 0.717) is 27.8 Å². The summed E-state index contributed by atoms with van der Waals surface area (Å²) in [6.07, 6.45) is 1.44. The lowest BCUT2D eigenvalue weighted by atomic mass is 10.1. The van der Waals surface area contributed by atoms with Gasteiger partial charge in [-0.05, 0) is 42.8 Å². The molecule has 0 N–H and O–H groups in total. The molecule has 1 fully saturated rings. The standard InChI is InChI=1S/C18H15Cl2NO3/c19-15-3-1-4-16(20)14(15)11-18(23)24-13-8-6-12(7-9-13)21-10-2-5-17(21)22/h1,3-4,6-9H,2,5,10-11H2. The van der Waals surface area contributed by atoms with Crippen LogP contribution >= 0.6 is 23.2 Å². The molecule has 0 radical (unpaired) electrons. The SMILES string of the molecule is O=C(Cc1c(Cl)cccc1Cl)Oc1ccc(N2CCCC2=O)cc1. The fourth-order valence-electron chi connectivity index (χ4n) is 2.63. The van der Waals surface area contributed by atoms with Gasteiger partial charge in [-0.3, -0.25) is 9.59 Å². The van der Waals surface area contributed by atoms with Gasteiger partial charge in [0.25, 0.3) is 0 Å². The van der Waals surface area contributed by atoms with Crippen LogP contribution in [0.25, 0.3) is 0 Å². The van der Waals surface area contributed by atoms with E-state index in [4.69, 9.17) is 27.9 Å². The first-order valence-corrected chi connectivity index (χ1v) is 8.34. The van der Waals surface area contributed by atoms with Crippen molar-refractivity contribution in [3.05, 3.63) is 58.1 Å². The molecule has 0 saturated carbocycles. The van der Waals surface area contributed by atoms with Gasteiger partial charge in [0.2, 0.25) is 5.91 Å². The van der Waals surface area contributed by atoms with E-state index in [0.717, 1.165) is 18.7 Å². The molecule has 0 atom stereocenters. The molecule has 1 aliphatic heterocycles. The minimum Gasteiger partial charge on any atom is -0.426 e. The highest BCUT2D eigenvalue weighted by Crippen LogP contribution is 2.26. The smallest absolute Gasteiger partial charge is 0.315 e. The van der Waals surface area contributed by atoms with Crippen LogP contribution in [0.15, 0.2) is 42.5 Å². The third-order valence-corrected chi connectivity index (χ3v) is 4.54. The zero-order chi connectivity index (χ0) is 17.1. The van der Waals surface area contributed by atoms with E-state index in [1.165, 1.54) is 0 Å². The fourth-order valence-corrected chi connectivity index (χ4v) is 3.16. The molecular weight excluding hydrogens is 349 g/mol. The first-order chi connectivity index (χ1) is 11.5. The van der Waals surface area contributed by atoms with Crippen LogP contribution < -0.4 is 9.64 Å². The van der Waals surface area contributed by atoms with Gasteiger partial charge in [-0.15, -0.1) is 0 Å². The van der Waals surface area contributed by atoms with Gasteiger partial charge < -0.3 is 9.64 Å². The number of anilines is 1. The van der Waals surface area contributed by atoms with Crippen molar-refractivity contribution in [1.29, 1.82) is 0 Å². The molecule has 0 unspecified atom stereocenters. The van der Waals surface area contributed by atoms with E-state index in [2.05, 4.69) is 0 Å². The number of nitrogens with zero attached hydrogens (tertiary/aromatic N) is 1. The minimum absolute atomic E-state index is 0.00906. The summed E-state index contributed by atoms with van der Waals surface area (Å²) in [7, 11) is 0. The number of rotatable bonds is 4. The number of carbonyl (C=O) groups is 2. The van der Waals surface area contributed by atoms with Gasteiger partial charge in [0.1, 0.15) is 5.75 Å². The van der Waals surface area contributed by atoms with E-state index < -0.39 is 5.97 Å². The van der Waals surface area contributed by atoms with Crippen LogP contribution in [0.3, 0.4) is 0 Å². The number of esters is 1. The largest absolute Gasteiger partial charge is 0.426 e. The van der Waals surface area contributed by atoms with Crippen LogP contribution in [0.2, 0.25) is 10.0 Å². The quantitative estimate of drug-likeness (QED) is 0.601. The Balaban J connectivity index is 1.65. The van der Waals surface area contributed by atoms with Crippen molar-refractivity contribution in [1.82, 2.24) is 0 Å². The van der Waals surface area contributed by atoms with E-state index in [-0.39, 0.29) is 12.3 Å². The van der Waals surface area contributed by atoms with Crippen LogP contribution in [0, 0.1) is 0 Å². The minimum atomic E-state index is -0.449. The van der Waals surface area contributed by atoms with Crippen molar-refractivity contribution in [2.24, 2.45) is 0 Å². The third kappa shape index (κ3) is 3.71. The average Bonchev–Trinajstić information content (AvgIpc) is 2.98. The van der Waals surface area contributed by atoms with Crippen LogP contribution in [-0.4, -0.2) is 18.4 Å². The number of ether oxygens (including phenoxy) is 1. The Hall–Kier alpha value is -2.04. The highest BCUT2D eigenvalue weighted by atomic mass is 35.5. The lowest BCUT2D eigenvalue weighted by molar-refractivity contribution is -0.133. The molecule has 2 aromatic carbocycles. The number of carbonyl (C=O) groups excluding carboxylic acids is 2. The Kier molecular flexibility index (Phi) is 5.07. The first-order valence-electron chi connectivity index (χ1n) is 7.58. The summed E-state index contributed by atoms with van der Waals surface area (Å²) in [5.41, 5.74) is 1.36. The van der Waals surface area contributed by atoms with Crippen LogP contribution in [-0.2, 0) is 16.0 Å². The molecule has 124 valence electrons. The van der Waals surface area contributed by atoms with Crippen molar-refractivity contribution in [3.8, 4) is 5.75 Å². The summed E-state index contributed by atoms with van der Waals surface area (Å²) in [6, 6.07) is 12.0. The predicted octanol–water partition coefficient (Wildman–Crippen LogP) is 4.27. The molecule has 0 spiro atoms. The maximum Gasteiger partial charge on any atom is 0.315 e. The molecule has 24 heavy (non-hydrogen) atoms. The van der Waals surface area contributed by atoms with Gasteiger partial charge in [0, 0.05) is 34.3 Å². The van der Waals surface area contributed by atoms with Gasteiger partial charge in [0.15, 0.2) is 0 Å². The molecule has 0 aromatic heterocycles. The van der Waals surface area contributed by atoms with E-state index >= 15 is 0 Å². The van der Waals surface area contributed by atoms with Gasteiger partial charge in [-0.25, -0.2) is 0 Å². The third-order valence-electron chi connectivity index (χ3n) is 3.84. The van der Waals surface area contributed by atoms with Gasteiger partial charge in [-0.2, -0.15) is 0 Å². The summed E-state index contributed by atoms with van der Waals surface area (Å²) in [4.78, 5) is 25.5. The molecule has 1 amide bonds. The molecule has 0 bridgehead atoms. The number of hydrogen-bond acceptors (Lipinski definition) is 3. The second kappa shape index (κ2) is 7.24. The lowest BCUT2D eigenvalue weighted by Crippen LogP contribution is -2.23. The zero-order valence-electron chi connectivity index (χ0n) is 12.8. The van der Waals surface area contributed by atoms with Crippen molar-refractivity contribution in [2.45, 2.75) is 19.3 Å². The van der Waals surface area contributed by atoms with Crippen molar-refractivity contribution < 1.29 is 14.3 Å². The second-order valence-electron chi connectivity index (χ2n) is 5.49. The number of amides is 1. The molecule has 4 nitrogen and oxygen atoms in total. The Morgan fingerprint density at radius 2 is 1.75 bits per heavy atom. The topological polar surface area (TPSA) is 46.6 Å².